The molecule has 0 aliphatic carbocycles. The Morgan fingerprint density at radius 3 is 2.60 bits per heavy atom. The van der Waals surface area contributed by atoms with Crippen LogP contribution in [-0.4, -0.2) is 36.4 Å². The first kappa shape index (κ1) is 24.2. The number of nitrogen functional groups attached to an aromatic ring is 1. The van der Waals surface area contributed by atoms with Crippen molar-refractivity contribution in [3.8, 4) is 17.3 Å². The van der Waals surface area contributed by atoms with Crippen LogP contribution in [0, 0.1) is 17.2 Å². The maximum absolute atomic E-state index is 13.3. The summed E-state index contributed by atoms with van der Waals surface area (Å²) in [7, 11) is -4.27. The maximum Gasteiger partial charge on any atom is 0.268 e. The number of aromatic nitrogens is 2. The van der Waals surface area contributed by atoms with Gasteiger partial charge in [-0.25, -0.2) is 23.1 Å². The molecule has 180 valence electrons. The van der Waals surface area contributed by atoms with Crippen LogP contribution in [0.1, 0.15) is 43.1 Å². The first-order chi connectivity index (χ1) is 16.6. The van der Waals surface area contributed by atoms with Crippen molar-refractivity contribution >= 4 is 27.6 Å². The average molecular weight is 491 g/mol. The Hall–Kier alpha value is -3.97. The molecule has 1 saturated heterocycles. The summed E-state index contributed by atoms with van der Waals surface area (Å²) in [6.07, 6.45) is 2.26. The number of nitriles is 1. The quantitative estimate of drug-likeness (QED) is 0.554. The second kappa shape index (κ2) is 9.00. The molecule has 1 aliphatic heterocycles. The number of hydrogen-bond donors (Lipinski definition) is 2. The highest BCUT2D eigenvalue weighted by molar-refractivity contribution is 7.90. The minimum atomic E-state index is -4.27. The van der Waals surface area contributed by atoms with Crippen molar-refractivity contribution in [2.45, 2.75) is 37.6 Å². The van der Waals surface area contributed by atoms with Crippen LogP contribution >= 0.6 is 0 Å². The minimum Gasteiger partial charge on any atom is -0.383 e. The molecule has 0 spiro atoms. The molecule has 3 aromatic rings. The summed E-state index contributed by atoms with van der Waals surface area (Å²) in [5.74, 6) is -0.360. The maximum atomic E-state index is 13.3. The fourth-order valence-corrected chi connectivity index (χ4v) is 5.31. The Balaban J connectivity index is 1.82. The summed E-state index contributed by atoms with van der Waals surface area (Å²) in [5.41, 5.74) is 7.10. The lowest BCUT2D eigenvalue weighted by Crippen LogP contribution is -2.43. The van der Waals surface area contributed by atoms with E-state index in [1.807, 2.05) is 11.0 Å². The van der Waals surface area contributed by atoms with Gasteiger partial charge in [-0.1, -0.05) is 25.1 Å². The van der Waals surface area contributed by atoms with Gasteiger partial charge in [-0.05, 0) is 56.5 Å². The number of carbonyl (C=O) groups is 1. The predicted octanol–water partition coefficient (Wildman–Crippen LogP) is 3.34. The number of carbonyl (C=O) groups excluding carboxylic acids is 1. The highest BCUT2D eigenvalue weighted by Gasteiger charge is 2.41. The topological polar surface area (TPSA) is 142 Å². The van der Waals surface area contributed by atoms with Crippen molar-refractivity contribution < 1.29 is 13.2 Å². The summed E-state index contributed by atoms with van der Waals surface area (Å²) < 4.78 is 27.9. The summed E-state index contributed by atoms with van der Waals surface area (Å²) in [6, 6.07) is 15.1. The Kier molecular flexibility index (Phi) is 6.21. The molecule has 1 unspecified atom stereocenters. The van der Waals surface area contributed by atoms with Gasteiger partial charge in [0.1, 0.15) is 16.5 Å². The summed E-state index contributed by atoms with van der Waals surface area (Å²) in [4.78, 5) is 23.6. The van der Waals surface area contributed by atoms with Crippen molar-refractivity contribution in [2.75, 3.05) is 17.2 Å². The standard InChI is InChI=1S/C25H26N6O3S/c1-16-12-14-31(25(16,2)3)23-19(10-11-20(29-23)18-8-5-4-7-17(18)15-26)24(32)30-35(33,34)21-9-6-13-28-22(21)27/h4-11,13,16H,12,14H2,1-3H3,(H2,27,28)(H,30,32). The van der Waals surface area contributed by atoms with E-state index in [1.54, 1.807) is 30.3 Å². The highest BCUT2D eigenvalue weighted by atomic mass is 32.2. The number of hydrogen-bond acceptors (Lipinski definition) is 8. The van der Waals surface area contributed by atoms with Gasteiger partial charge in [-0.3, -0.25) is 4.79 Å². The van der Waals surface area contributed by atoms with Crippen molar-refractivity contribution in [2.24, 2.45) is 5.92 Å². The molecule has 1 aromatic carbocycles. The van der Waals surface area contributed by atoms with E-state index in [9.17, 15) is 18.5 Å². The third-order valence-corrected chi connectivity index (χ3v) is 8.08. The van der Waals surface area contributed by atoms with Crippen molar-refractivity contribution in [1.29, 1.82) is 5.26 Å². The molecule has 4 rings (SSSR count). The zero-order valence-corrected chi connectivity index (χ0v) is 20.5. The minimum absolute atomic E-state index is 0.108. The molecule has 3 heterocycles. The number of nitrogens with zero attached hydrogens (tertiary/aromatic N) is 4. The van der Waals surface area contributed by atoms with E-state index in [4.69, 9.17) is 10.7 Å². The predicted molar refractivity (Wildman–Crippen MR) is 133 cm³/mol. The Morgan fingerprint density at radius 1 is 1.20 bits per heavy atom. The van der Waals surface area contributed by atoms with Gasteiger partial charge < -0.3 is 10.6 Å². The monoisotopic (exact) mass is 490 g/mol. The number of rotatable bonds is 5. The number of anilines is 2. The van der Waals surface area contributed by atoms with Crippen LogP contribution in [0.4, 0.5) is 11.6 Å². The van der Waals surface area contributed by atoms with Crippen LogP contribution in [0.3, 0.4) is 0 Å². The number of benzene rings is 1. The Bertz CT molecular complexity index is 1450. The van der Waals surface area contributed by atoms with Gasteiger partial charge in [-0.2, -0.15) is 5.26 Å². The summed E-state index contributed by atoms with van der Waals surface area (Å²) in [5, 5.41) is 9.55. The molecule has 1 amide bonds. The van der Waals surface area contributed by atoms with Crippen LogP contribution in [0.25, 0.3) is 11.3 Å². The van der Waals surface area contributed by atoms with E-state index < -0.39 is 15.9 Å². The number of nitrogens with two attached hydrogens (primary N) is 1. The molecular weight excluding hydrogens is 464 g/mol. The molecule has 1 atom stereocenters. The average Bonchev–Trinajstić information content (AvgIpc) is 3.10. The van der Waals surface area contributed by atoms with Crippen molar-refractivity contribution in [1.82, 2.24) is 14.7 Å². The van der Waals surface area contributed by atoms with E-state index in [0.29, 0.717) is 35.1 Å². The van der Waals surface area contributed by atoms with Crippen molar-refractivity contribution in [3.05, 3.63) is 65.9 Å². The number of pyridine rings is 2. The molecular formula is C25H26N6O3S. The summed E-state index contributed by atoms with van der Waals surface area (Å²) in [6.45, 7) is 6.91. The first-order valence-corrected chi connectivity index (χ1v) is 12.6. The molecule has 35 heavy (non-hydrogen) atoms. The lowest BCUT2D eigenvalue weighted by molar-refractivity contribution is 0.0981. The third kappa shape index (κ3) is 4.42. The highest BCUT2D eigenvalue weighted by Crippen LogP contribution is 2.39. The summed E-state index contributed by atoms with van der Waals surface area (Å²) >= 11 is 0. The molecule has 0 radical (unpaired) electrons. The fraction of sp³-hybridized carbons (Fsp3) is 0.280. The van der Waals surface area contributed by atoms with Crippen LogP contribution in [0.5, 0.6) is 0 Å². The molecule has 3 N–H and O–H groups in total. The van der Waals surface area contributed by atoms with Gasteiger partial charge in [0.15, 0.2) is 0 Å². The Labute approximate surface area is 204 Å². The largest absolute Gasteiger partial charge is 0.383 e. The normalized spacial score (nSPS) is 17.1. The number of sulfonamides is 1. The van der Waals surface area contributed by atoms with Gasteiger partial charge in [0.25, 0.3) is 15.9 Å². The molecule has 10 heteroatoms. The molecule has 1 fully saturated rings. The Morgan fingerprint density at radius 2 is 1.94 bits per heavy atom. The van der Waals surface area contributed by atoms with E-state index in [0.717, 1.165) is 6.42 Å². The molecule has 9 nitrogen and oxygen atoms in total. The molecule has 1 aliphatic rings. The van der Waals surface area contributed by atoms with Gasteiger partial charge in [0.05, 0.1) is 22.9 Å². The zero-order valence-electron chi connectivity index (χ0n) is 19.7. The van der Waals surface area contributed by atoms with Crippen LogP contribution < -0.4 is 15.4 Å². The third-order valence-electron chi connectivity index (χ3n) is 6.70. The number of amides is 1. The van der Waals surface area contributed by atoms with Gasteiger partial charge in [0, 0.05) is 23.8 Å². The molecule has 2 aromatic heterocycles. The van der Waals surface area contributed by atoms with Crippen LogP contribution in [-0.2, 0) is 10.0 Å². The lowest BCUT2D eigenvalue weighted by atomic mass is 9.90. The van der Waals surface area contributed by atoms with Crippen LogP contribution in [0.15, 0.2) is 59.6 Å². The van der Waals surface area contributed by atoms with Crippen LogP contribution in [0.2, 0.25) is 0 Å². The fourth-order valence-electron chi connectivity index (χ4n) is 4.26. The molecule has 0 bridgehead atoms. The van der Waals surface area contributed by atoms with Gasteiger partial charge in [-0.15, -0.1) is 0 Å². The van der Waals surface area contributed by atoms with E-state index in [-0.39, 0.29) is 21.8 Å². The first-order valence-electron chi connectivity index (χ1n) is 11.1. The zero-order chi connectivity index (χ0) is 25.4. The van der Waals surface area contributed by atoms with Gasteiger partial charge >= 0.3 is 0 Å². The van der Waals surface area contributed by atoms with Gasteiger partial charge in [0.2, 0.25) is 0 Å². The van der Waals surface area contributed by atoms with E-state index in [1.165, 1.54) is 18.3 Å². The van der Waals surface area contributed by atoms with E-state index >= 15 is 0 Å². The second-order valence-corrected chi connectivity index (χ2v) is 10.7. The number of nitrogens with one attached hydrogen (secondary N) is 1. The molecule has 0 saturated carbocycles. The SMILES string of the molecule is CC1CCN(c2nc(-c3ccccc3C#N)ccc2C(=O)NS(=O)(=O)c2cccnc2N)C1(C)C. The smallest absolute Gasteiger partial charge is 0.268 e. The second-order valence-electron chi connectivity index (χ2n) is 9.04. The van der Waals surface area contributed by atoms with Crippen molar-refractivity contribution in [3.63, 3.8) is 0 Å². The van der Waals surface area contributed by atoms with E-state index in [2.05, 4.69) is 36.5 Å². The lowest BCUT2D eigenvalue weighted by Gasteiger charge is -2.36.